The second-order valence-corrected chi connectivity index (χ2v) is 5.99. The van der Waals surface area contributed by atoms with Crippen LogP contribution in [0.1, 0.15) is 42.5 Å². The second kappa shape index (κ2) is 7.25. The Morgan fingerprint density at radius 1 is 1.12 bits per heavy atom. The summed E-state index contributed by atoms with van der Waals surface area (Å²) < 4.78 is 1.57. The van der Waals surface area contributed by atoms with E-state index in [9.17, 15) is 14.9 Å². The van der Waals surface area contributed by atoms with E-state index in [1.165, 1.54) is 18.8 Å². The van der Waals surface area contributed by atoms with Crippen LogP contribution in [0, 0.1) is 10.1 Å². The summed E-state index contributed by atoms with van der Waals surface area (Å²) >= 11 is 0. The molecule has 126 valence electrons. The van der Waals surface area contributed by atoms with Crippen molar-refractivity contribution in [3.63, 3.8) is 0 Å². The Morgan fingerprint density at radius 3 is 2.46 bits per heavy atom. The van der Waals surface area contributed by atoms with Crippen LogP contribution in [0.3, 0.4) is 0 Å². The zero-order valence-electron chi connectivity index (χ0n) is 13.4. The van der Waals surface area contributed by atoms with Gasteiger partial charge in [-0.1, -0.05) is 19.3 Å². The number of hydrogen-bond donors (Lipinski definition) is 0. The average Bonchev–Trinajstić information content (AvgIpc) is 3.07. The van der Waals surface area contributed by atoms with E-state index in [0.29, 0.717) is 11.3 Å². The van der Waals surface area contributed by atoms with E-state index in [-0.39, 0.29) is 11.6 Å². The monoisotopic (exact) mass is 328 g/mol. The van der Waals surface area contributed by atoms with E-state index >= 15 is 0 Å². The van der Waals surface area contributed by atoms with Crippen molar-refractivity contribution in [2.45, 2.75) is 32.1 Å². The van der Waals surface area contributed by atoms with Crippen molar-refractivity contribution in [2.24, 2.45) is 0 Å². The van der Waals surface area contributed by atoms with Crippen LogP contribution >= 0.6 is 0 Å². The van der Waals surface area contributed by atoms with Crippen molar-refractivity contribution in [1.82, 2.24) is 14.5 Å². The third kappa shape index (κ3) is 3.45. The minimum absolute atomic E-state index is 0.0918. The SMILES string of the molecule is O=C(c1ccc(-n2ccnc2)c([N+](=O)[O-])c1)N1CCCCCCC1. The van der Waals surface area contributed by atoms with Gasteiger partial charge in [0.25, 0.3) is 11.6 Å². The number of amides is 1. The Balaban J connectivity index is 1.89. The Morgan fingerprint density at radius 2 is 1.83 bits per heavy atom. The third-order valence-electron chi connectivity index (χ3n) is 4.34. The lowest BCUT2D eigenvalue weighted by Gasteiger charge is -2.24. The van der Waals surface area contributed by atoms with Crippen LogP contribution < -0.4 is 0 Å². The van der Waals surface area contributed by atoms with E-state index < -0.39 is 4.92 Å². The molecule has 0 saturated carbocycles. The summed E-state index contributed by atoms with van der Waals surface area (Å²) in [6, 6.07) is 4.64. The molecule has 1 aliphatic heterocycles. The summed E-state index contributed by atoms with van der Waals surface area (Å²) in [6.07, 6.45) is 10.1. The summed E-state index contributed by atoms with van der Waals surface area (Å²) in [4.78, 5) is 29.4. The number of nitrogens with zero attached hydrogens (tertiary/aromatic N) is 4. The first kappa shape index (κ1) is 16.2. The number of likely N-dealkylation sites (tertiary alicyclic amines) is 1. The van der Waals surface area contributed by atoms with Crippen molar-refractivity contribution in [2.75, 3.05) is 13.1 Å². The molecule has 1 aliphatic rings. The average molecular weight is 328 g/mol. The maximum absolute atomic E-state index is 12.7. The number of hydrogen-bond acceptors (Lipinski definition) is 4. The number of nitro benzene ring substituents is 1. The Labute approximate surface area is 140 Å². The van der Waals surface area contributed by atoms with Crippen molar-refractivity contribution in [3.8, 4) is 5.69 Å². The second-order valence-electron chi connectivity index (χ2n) is 5.99. The van der Waals surface area contributed by atoms with Crippen molar-refractivity contribution >= 4 is 11.6 Å². The van der Waals surface area contributed by atoms with Crippen molar-refractivity contribution < 1.29 is 9.72 Å². The summed E-state index contributed by atoms with van der Waals surface area (Å²) in [7, 11) is 0. The summed E-state index contributed by atoms with van der Waals surface area (Å²) in [5, 5.41) is 11.4. The minimum Gasteiger partial charge on any atom is -0.339 e. The van der Waals surface area contributed by atoms with Gasteiger partial charge in [-0.05, 0) is 25.0 Å². The van der Waals surface area contributed by atoms with Gasteiger partial charge in [0.15, 0.2) is 0 Å². The lowest BCUT2D eigenvalue weighted by molar-refractivity contribution is -0.384. The number of imidazole rings is 1. The highest BCUT2D eigenvalue weighted by atomic mass is 16.6. The van der Waals surface area contributed by atoms with Gasteiger partial charge in [0, 0.05) is 37.1 Å². The molecule has 0 unspecified atom stereocenters. The molecule has 0 spiro atoms. The first-order chi connectivity index (χ1) is 11.7. The lowest BCUT2D eigenvalue weighted by Crippen LogP contribution is -2.33. The van der Waals surface area contributed by atoms with Gasteiger partial charge < -0.3 is 9.47 Å². The number of aromatic nitrogens is 2. The van der Waals surface area contributed by atoms with Gasteiger partial charge in [-0.15, -0.1) is 0 Å². The maximum Gasteiger partial charge on any atom is 0.294 e. The van der Waals surface area contributed by atoms with E-state index in [2.05, 4.69) is 4.98 Å². The van der Waals surface area contributed by atoms with Gasteiger partial charge >= 0.3 is 0 Å². The van der Waals surface area contributed by atoms with Gasteiger partial charge in [0.1, 0.15) is 5.69 Å². The van der Waals surface area contributed by atoms with Crippen LogP contribution in [0.5, 0.6) is 0 Å². The quantitative estimate of drug-likeness (QED) is 0.640. The summed E-state index contributed by atoms with van der Waals surface area (Å²) in [5.41, 5.74) is 0.679. The molecule has 1 saturated heterocycles. The van der Waals surface area contributed by atoms with Gasteiger partial charge in [0.05, 0.1) is 11.3 Å². The van der Waals surface area contributed by atoms with Crippen LogP contribution in [0.2, 0.25) is 0 Å². The van der Waals surface area contributed by atoms with Crippen molar-refractivity contribution in [1.29, 1.82) is 0 Å². The smallest absolute Gasteiger partial charge is 0.294 e. The number of benzene rings is 1. The Hall–Kier alpha value is -2.70. The number of nitro groups is 1. The number of rotatable bonds is 3. The maximum atomic E-state index is 12.7. The Bertz CT molecular complexity index is 719. The van der Waals surface area contributed by atoms with Gasteiger partial charge in [0.2, 0.25) is 0 Å². The Kier molecular flexibility index (Phi) is 4.88. The first-order valence-corrected chi connectivity index (χ1v) is 8.23. The van der Waals surface area contributed by atoms with E-state index in [4.69, 9.17) is 0 Å². The fourth-order valence-corrected chi connectivity index (χ4v) is 3.06. The summed E-state index contributed by atoms with van der Waals surface area (Å²) in [5.74, 6) is -0.128. The molecule has 1 aromatic heterocycles. The van der Waals surface area contributed by atoms with Crippen LogP contribution in [0.4, 0.5) is 5.69 Å². The molecule has 7 nitrogen and oxygen atoms in total. The molecule has 2 heterocycles. The molecule has 1 amide bonds. The van der Waals surface area contributed by atoms with E-state index in [1.807, 2.05) is 4.90 Å². The largest absolute Gasteiger partial charge is 0.339 e. The van der Waals surface area contributed by atoms with Crippen LogP contribution in [0.25, 0.3) is 5.69 Å². The first-order valence-electron chi connectivity index (χ1n) is 8.23. The molecule has 24 heavy (non-hydrogen) atoms. The molecule has 1 aromatic carbocycles. The highest BCUT2D eigenvalue weighted by Gasteiger charge is 2.22. The molecule has 0 radical (unpaired) electrons. The molecule has 0 aliphatic carbocycles. The van der Waals surface area contributed by atoms with Gasteiger partial charge in [-0.3, -0.25) is 14.9 Å². The van der Waals surface area contributed by atoms with Gasteiger partial charge in [-0.2, -0.15) is 0 Å². The molecular weight excluding hydrogens is 308 g/mol. The molecule has 1 fully saturated rings. The van der Waals surface area contributed by atoms with E-state index in [0.717, 1.165) is 38.8 Å². The zero-order chi connectivity index (χ0) is 16.9. The molecular formula is C17H20N4O3. The fraction of sp³-hybridized carbons (Fsp3) is 0.412. The molecule has 0 N–H and O–H groups in total. The molecule has 0 bridgehead atoms. The van der Waals surface area contributed by atoms with E-state index in [1.54, 1.807) is 29.1 Å². The van der Waals surface area contributed by atoms with Crippen LogP contribution in [-0.2, 0) is 0 Å². The highest BCUT2D eigenvalue weighted by molar-refractivity contribution is 5.95. The van der Waals surface area contributed by atoms with Gasteiger partial charge in [-0.25, -0.2) is 4.98 Å². The van der Waals surface area contributed by atoms with Crippen LogP contribution in [-0.4, -0.2) is 38.4 Å². The van der Waals surface area contributed by atoms with Crippen LogP contribution in [0.15, 0.2) is 36.9 Å². The molecule has 3 rings (SSSR count). The predicted molar refractivity (Wildman–Crippen MR) is 89.2 cm³/mol. The summed E-state index contributed by atoms with van der Waals surface area (Å²) in [6.45, 7) is 1.44. The normalized spacial score (nSPS) is 15.6. The lowest BCUT2D eigenvalue weighted by atomic mass is 10.1. The van der Waals surface area contributed by atoms with Crippen molar-refractivity contribution in [3.05, 3.63) is 52.6 Å². The standard InChI is InChI=1S/C17H20N4O3/c22-17(19-9-4-2-1-3-5-10-19)14-6-7-15(16(12-14)21(23)24)20-11-8-18-13-20/h6-8,11-13H,1-5,9-10H2. The molecule has 2 aromatic rings. The highest BCUT2D eigenvalue weighted by Crippen LogP contribution is 2.25. The fourth-order valence-electron chi connectivity index (χ4n) is 3.06. The molecule has 7 heteroatoms. The topological polar surface area (TPSA) is 81.3 Å². The zero-order valence-corrected chi connectivity index (χ0v) is 13.4. The minimum atomic E-state index is -0.459. The molecule has 0 atom stereocenters. The predicted octanol–water partition coefficient (Wildman–Crippen LogP) is 3.19. The third-order valence-corrected chi connectivity index (χ3v) is 4.34. The number of carbonyl (C=O) groups excluding carboxylic acids is 1. The number of carbonyl (C=O) groups is 1.